The maximum absolute atomic E-state index is 5.62. The molecule has 2 aromatic rings. The van der Waals surface area contributed by atoms with E-state index in [0.29, 0.717) is 5.95 Å². The van der Waals surface area contributed by atoms with Gasteiger partial charge >= 0.3 is 0 Å². The lowest BCUT2D eigenvalue weighted by atomic mass is 10.2. The van der Waals surface area contributed by atoms with E-state index in [1.807, 2.05) is 18.2 Å². The third-order valence-corrected chi connectivity index (χ3v) is 3.46. The molecule has 5 nitrogen and oxygen atoms in total. The summed E-state index contributed by atoms with van der Waals surface area (Å²) in [4.78, 5) is 11.5. The first-order valence-corrected chi connectivity index (χ1v) is 7.15. The molecule has 1 aromatic carbocycles. The van der Waals surface area contributed by atoms with Gasteiger partial charge in [-0.1, -0.05) is 12.1 Å². The number of nitrogens with one attached hydrogen (secondary N) is 1. The summed E-state index contributed by atoms with van der Waals surface area (Å²) in [7, 11) is 0. The summed E-state index contributed by atoms with van der Waals surface area (Å²) in [6, 6.07) is 8.16. The summed E-state index contributed by atoms with van der Waals surface area (Å²) in [6.45, 7) is 7.45. The van der Waals surface area contributed by atoms with Crippen LogP contribution < -0.4 is 10.2 Å². The highest BCUT2D eigenvalue weighted by molar-refractivity contribution is 5.90. The predicted molar refractivity (Wildman–Crippen MR) is 81.3 cm³/mol. The Morgan fingerprint density at radius 2 is 2.20 bits per heavy atom. The fraction of sp³-hybridized carbons (Fsp3) is 0.467. The summed E-state index contributed by atoms with van der Waals surface area (Å²) in [5.41, 5.74) is 0.979. The Morgan fingerprint density at radius 1 is 1.35 bits per heavy atom. The third-order valence-electron chi connectivity index (χ3n) is 3.46. The number of rotatable bonds is 3. The molecular formula is C15H20N4O. The number of benzene rings is 1. The van der Waals surface area contributed by atoms with Crippen molar-refractivity contribution < 1.29 is 4.74 Å². The molecule has 1 fully saturated rings. The normalized spacial score (nSPS) is 19.3. The number of hydrogen-bond acceptors (Lipinski definition) is 5. The highest BCUT2D eigenvalue weighted by atomic mass is 16.5. The number of aromatic nitrogens is 2. The molecule has 3 rings (SSSR count). The first-order chi connectivity index (χ1) is 9.78. The van der Waals surface area contributed by atoms with Crippen molar-refractivity contribution in [1.82, 2.24) is 9.97 Å². The minimum atomic E-state index is 0.236. The highest BCUT2D eigenvalue weighted by Gasteiger charge is 2.20. The van der Waals surface area contributed by atoms with E-state index in [2.05, 4.69) is 35.1 Å². The van der Waals surface area contributed by atoms with Gasteiger partial charge in [0.15, 0.2) is 0 Å². The van der Waals surface area contributed by atoms with Gasteiger partial charge in [-0.05, 0) is 26.0 Å². The zero-order chi connectivity index (χ0) is 13.9. The summed E-state index contributed by atoms with van der Waals surface area (Å²) in [6.07, 6.45) is 0.236. The maximum atomic E-state index is 5.62. The summed E-state index contributed by atoms with van der Waals surface area (Å²) in [5, 5.41) is 4.31. The fourth-order valence-electron chi connectivity index (χ4n) is 2.55. The van der Waals surface area contributed by atoms with E-state index in [4.69, 9.17) is 9.72 Å². The van der Waals surface area contributed by atoms with E-state index in [-0.39, 0.29) is 6.10 Å². The monoisotopic (exact) mass is 272 g/mol. The largest absolute Gasteiger partial charge is 0.375 e. The van der Waals surface area contributed by atoms with Crippen LogP contribution in [0.2, 0.25) is 0 Å². The third kappa shape index (κ3) is 2.54. The fourth-order valence-corrected chi connectivity index (χ4v) is 2.55. The van der Waals surface area contributed by atoms with Crippen LogP contribution in [-0.2, 0) is 4.74 Å². The van der Waals surface area contributed by atoms with Crippen LogP contribution in [0.4, 0.5) is 11.8 Å². The smallest absolute Gasteiger partial charge is 0.225 e. The van der Waals surface area contributed by atoms with E-state index in [1.165, 1.54) is 0 Å². The van der Waals surface area contributed by atoms with Gasteiger partial charge in [0.1, 0.15) is 5.82 Å². The lowest BCUT2D eigenvalue weighted by Gasteiger charge is -2.32. The zero-order valence-corrected chi connectivity index (χ0v) is 12.0. The van der Waals surface area contributed by atoms with E-state index in [9.17, 15) is 0 Å². The molecule has 106 valence electrons. The van der Waals surface area contributed by atoms with Crippen molar-refractivity contribution >= 4 is 22.7 Å². The Bertz CT molecular complexity index is 601. The van der Waals surface area contributed by atoms with Crippen molar-refractivity contribution in [2.75, 3.05) is 36.5 Å². The Labute approximate surface area is 119 Å². The molecule has 1 N–H and O–H groups in total. The second-order valence-electron chi connectivity index (χ2n) is 5.05. The van der Waals surface area contributed by atoms with Gasteiger partial charge < -0.3 is 15.0 Å². The minimum Gasteiger partial charge on any atom is -0.375 e. The van der Waals surface area contributed by atoms with Crippen LogP contribution in [0.1, 0.15) is 13.8 Å². The van der Waals surface area contributed by atoms with Gasteiger partial charge in [0, 0.05) is 25.0 Å². The van der Waals surface area contributed by atoms with Crippen LogP contribution in [0.5, 0.6) is 0 Å². The van der Waals surface area contributed by atoms with Crippen molar-refractivity contribution in [3.05, 3.63) is 24.3 Å². The average Bonchev–Trinajstić information content (AvgIpc) is 2.47. The highest BCUT2D eigenvalue weighted by Crippen LogP contribution is 2.26. The van der Waals surface area contributed by atoms with Gasteiger partial charge in [0.2, 0.25) is 5.95 Å². The molecule has 0 bridgehead atoms. The lowest BCUT2D eigenvalue weighted by molar-refractivity contribution is 0.0530. The molecule has 1 aromatic heterocycles. The molecule has 0 saturated carbocycles. The van der Waals surface area contributed by atoms with Gasteiger partial charge in [0.05, 0.1) is 18.2 Å². The number of anilines is 2. The number of fused-ring (bicyclic) bond motifs is 1. The average molecular weight is 272 g/mol. The number of nitrogens with zero attached hydrogens (tertiary/aromatic N) is 3. The van der Waals surface area contributed by atoms with Gasteiger partial charge in [-0.3, -0.25) is 0 Å². The predicted octanol–water partition coefficient (Wildman–Crippen LogP) is 2.29. The Hall–Kier alpha value is -1.88. The standard InChI is InChI=1S/C15H20N4O/c1-3-16-15-17-13-7-5-4-6-12(13)14(18-15)19-8-9-20-11(2)10-19/h4-7,11H,3,8-10H2,1-2H3,(H,16,17,18). The van der Waals surface area contributed by atoms with Gasteiger partial charge in [-0.2, -0.15) is 4.98 Å². The Balaban J connectivity index is 2.06. The molecule has 2 heterocycles. The SMILES string of the molecule is CCNc1nc(N2CCOC(C)C2)c2ccccc2n1. The van der Waals surface area contributed by atoms with Gasteiger partial charge in [-0.15, -0.1) is 0 Å². The number of ether oxygens (including phenoxy) is 1. The number of hydrogen-bond donors (Lipinski definition) is 1. The van der Waals surface area contributed by atoms with E-state index in [1.54, 1.807) is 0 Å². The molecule has 20 heavy (non-hydrogen) atoms. The van der Waals surface area contributed by atoms with Crippen LogP contribution in [0.25, 0.3) is 10.9 Å². The zero-order valence-electron chi connectivity index (χ0n) is 12.0. The molecule has 1 saturated heterocycles. The van der Waals surface area contributed by atoms with Crippen LogP contribution in [0, 0.1) is 0 Å². The molecule has 0 radical (unpaired) electrons. The van der Waals surface area contributed by atoms with Gasteiger partial charge in [0.25, 0.3) is 0 Å². The van der Waals surface area contributed by atoms with E-state index in [0.717, 1.165) is 43.0 Å². The molecular weight excluding hydrogens is 252 g/mol. The van der Waals surface area contributed by atoms with E-state index < -0.39 is 0 Å². The first kappa shape index (κ1) is 13.1. The van der Waals surface area contributed by atoms with Crippen molar-refractivity contribution in [3.8, 4) is 0 Å². The summed E-state index contributed by atoms with van der Waals surface area (Å²) in [5.74, 6) is 1.70. The molecule has 5 heteroatoms. The lowest BCUT2D eigenvalue weighted by Crippen LogP contribution is -2.41. The molecule has 0 amide bonds. The number of morpholine rings is 1. The van der Waals surface area contributed by atoms with Gasteiger partial charge in [-0.25, -0.2) is 4.98 Å². The van der Waals surface area contributed by atoms with Crippen molar-refractivity contribution in [3.63, 3.8) is 0 Å². The van der Waals surface area contributed by atoms with Crippen LogP contribution >= 0.6 is 0 Å². The molecule has 1 atom stereocenters. The summed E-state index contributed by atoms with van der Waals surface area (Å²) >= 11 is 0. The van der Waals surface area contributed by atoms with E-state index >= 15 is 0 Å². The first-order valence-electron chi connectivity index (χ1n) is 7.15. The van der Waals surface area contributed by atoms with Crippen LogP contribution in [-0.4, -0.2) is 42.3 Å². The van der Waals surface area contributed by atoms with Crippen molar-refractivity contribution in [1.29, 1.82) is 0 Å². The minimum absolute atomic E-state index is 0.236. The van der Waals surface area contributed by atoms with Crippen molar-refractivity contribution in [2.24, 2.45) is 0 Å². The molecule has 0 aliphatic carbocycles. The van der Waals surface area contributed by atoms with Crippen LogP contribution in [0.15, 0.2) is 24.3 Å². The van der Waals surface area contributed by atoms with Crippen LogP contribution in [0.3, 0.4) is 0 Å². The summed E-state index contributed by atoms with van der Waals surface area (Å²) < 4.78 is 5.62. The quantitative estimate of drug-likeness (QED) is 0.929. The molecule has 1 aliphatic heterocycles. The number of para-hydroxylation sites is 1. The molecule has 0 spiro atoms. The molecule has 1 aliphatic rings. The topological polar surface area (TPSA) is 50.3 Å². The Kier molecular flexibility index (Phi) is 3.69. The van der Waals surface area contributed by atoms with Crippen molar-refractivity contribution in [2.45, 2.75) is 20.0 Å². The second-order valence-corrected chi connectivity index (χ2v) is 5.05. The second kappa shape index (κ2) is 5.63. The Morgan fingerprint density at radius 3 is 3.00 bits per heavy atom. The molecule has 1 unspecified atom stereocenters. The maximum Gasteiger partial charge on any atom is 0.225 e.